The highest BCUT2D eigenvalue weighted by atomic mass is 19.1. The van der Waals surface area contributed by atoms with Crippen molar-refractivity contribution >= 4 is 23.0 Å². The van der Waals surface area contributed by atoms with Gasteiger partial charge in [0.2, 0.25) is 5.91 Å². The van der Waals surface area contributed by atoms with Gasteiger partial charge in [-0.15, -0.1) is 0 Å². The molecule has 5 nitrogen and oxygen atoms in total. The van der Waals surface area contributed by atoms with Crippen molar-refractivity contribution in [1.29, 1.82) is 0 Å². The number of carbonyl (C=O) groups is 1. The molecule has 0 fully saturated rings. The Morgan fingerprint density at radius 3 is 3.00 bits per heavy atom. The number of carbonyl (C=O) groups excluding carboxylic acids is 1. The van der Waals surface area contributed by atoms with Crippen molar-refractivity contribution < 1.29 is 13.6 Å². The lowest BCUT2D eigenvalue weighted by molar-refractivity contribution is -0.116. The Morgan fingerprint density at radius 1 is 1.30 bits per heavy atom. The average Bonchev–Trinajstić information content (AvgIpc) is 2.95. The Bertz CT molecular complexity index is 889. The molecule has 0 bridgehead atoms. The molecule has 0 saturated carbocycles. The number of nitrogens with one attached hydrogen (secondary N) is 2. The molecule has 1 aromatic carbocycles. The molecule has 2 aromatic heterocycles. The molecule has 0 aliphatic rings. The molecule has 2 N–H and O–H groups in total. The molecule has 1 amide bonds. The molecule has 0 saturated heterocycles. The van der Waals surface area contributed by atoms with Gasteiger partial charge in [-0.05, 0) is 24.3 Å². The molecule has 0 unspecified atom stereocenters. The summed E-state index contributed by atoms with van der Waals surface area (Å²) in [4.78, 5) is 15.9. The fourth-order valence-electron chi connectivity index (χ4n) is 2.06. The maximum Gasteiger partial charge on any atom is 0.244 e. The van der Waals surface area contributed by atoms with Crippen molar-refractivity contribution in [3.05, 3.63) is 65.5 Å². The van der Waals surface area contributed by atoms with Crippen LogP contribution in [0.1, 0.15) is 11.3 Å². The second-order valence-electron chi connectivity index (χ2n) is 4.80. The fourth-order valence-corrected chi connectivity index (χ4v) is 2.06. The smallest absolute Gasteiger partial charge is 0.244 e. The number of fused-ring (bicyclic) bond motifs is 1. The Hall–Kier alpha value is -3.09. The highest BCUT2D eigenvalue weighted by Crippen LogP contribution is 2.14. The second kappa shape index (κ2) is 6.35. The molecule has 0 aliphatic heterocycles. The predicted octanol–water partition coefficient (Wildman–Crippen LogP) is 2.57. The van der Waals surface area contributed by atoms with E-state index in [9.17, 15) is 13.6 Å². The predicted molar refractivity (Wildman–Crippen MR) is 81.1 cm³/mol. The number of hydrogen-bond acceptors (Lipinski definition) is 3. The van der Waals surface area contributed by atoms with Crippen LogP contribution in [0.5, 0.6) is 0 Å². The molecule has 116 valence electrons. The van der Waals surface area contributed by atoms with Crippen LogP contribution in [0.15, 0.2) is 42.6 Å². The van der Waals surface area contributed by atoms with Crippen molar-refractivity contribution in [3.8, 4) is 0 Å². The van der Waals surface area contributed by atoms with Crippen LogP contribution in [0.2, 0.25) is 0 Å². The van der Waals surface area contributed by atoms with E-state index in [2.05, 4.69) is 20.5 Å². The van der Waals surface area contributed by atoms with Gasteiger partial charge in [-0.2, -0.15) is 5.10 Å². The molecule has 0 spiro atoms. The van der Waals surface area contributed by atoms with Crippen molar-refractivity contribution in [2.75, 3.05) is 0 Å². The van der Waals surface area contributed by atoms with Crippen LogP contribution < -0.4 is 5.32 Å². The van der Waals surface area contributed by atoms with Gasteiger partial charge in [0.15, 0.2) is 5.65 Å². The zero-order valence-electron chi connectivity index (χ0n) is 11.9. The van der Waals surface area contributed by atoms with Gasteiger partial charge in [0.1, 0.15) is 11.6 Å². The number of nitrogens with zero attached hydrogens (tertiary/aromatic N) is 2. The minimum atomic E-state index is -0.696. The molecule has 3 aromatic rings. The van der Waals surface area contributed by atoms with E-state index in [0.717, 1.165) is 17.5 Å². The number of benzene rings is 1. The summed E-state index contributed by atoms with van der Waals surface area (Å²) in [6.07, 6.45) is 4.47. The molecule has 0 aliphatic carbocycles. The summed E-state index contributed by atoms with van der Waals surface area (Å²) in [5, 5.41) is 10.1. The van der Waals surface area contributed by atoms with Crippen molar-refractivity contribution in [2.45, 2.75) is 6.54 Å². The summed E-state index contributed by atoms with van der Waals surface area (Å²) in [7, 11) is 0. The van der Waals surface area contributed by atoms with Crippen molar-refractivity contribution in [1.82, 2.24) is 20.5 Å². The van der Waals surface area contributed by atoms with Crippen LogP contribution in [0, 0.1) is 11.6 Å². The SMILES string of the molecule is O=C(C=Cc1n[nH]c2ncccc12)NCc1ccc(F)cc1F. The normalized spacial score (nSPS) is 11.2. The Labute approximate surface area is 130 Å². The number of hydrogen-bond donors (Lipinski definition) is 2. The summed E-state index contributed by atoms with van der Waals surface area (Å²) in [6, 6.07) is 6.81. The standard InChI is InChI=1S/C16H12F2N4O/c17-11-4-3-10(13(18)8-11)9-20-15(23)6-5-14-12-2-1-7-19-16(12)22-21-14/h1-8H,9H2,(H,20,23)(H,19,21,22). The van der Waals surface area contributed by atoms with Gasteiger partial charge in [-0.25, -0.2) is 13.8 Å². The van der Waals surface area contributed by atoms with E-state index in [1.807, 2.05) is 6.07 Å². The topological polar surface area (TPSA) is 70.7 Å². The number of halogens is 2. The Kier molecular flexibility index (Phi) is 4.09. The van der Waals surface area contributed by atoms with Gasteiger partial charge in [-0.3, -0.25) is 9.89 Å². The van der Waals surface area contributed by atoms with E-state index < -0.39 is 17.5 Å². The maximum atomic E-state index is 13.5. The largest absolute Gasteiger partial charge is 0.348 e. The molecule has 2 heterocycles. The molecule has 23 heavy (non-hydrogen) atoms. The minimum Gasteiger partial charge on any atom is -0.348 e. The third-order valence-electron chi connectivity index (χ3n) is 3.23. The first-order valence-electron chi connectivity index (χ1n) is 6.82. The maximum absolute atomic E-state index is 13.5. The lowest BCUT2D eigenvalue weighted by Crippen LogP contribution is -2.20. The van der Waals surface area contributed by atoms with Crippen LogP contribution in [-0.2, 0) is 11.3 Å². The van der Waals surface area contributed by atoms with Gasteiger partial charge in [0.25, 0.3) is 0 Å². The van der Waals surface area contributed by atoms with E-state index in [1.165, 1.54) is 18.2 Å². The summed E-state index contributed by atoms with van der Waals surface area (Å²) in [5.41, 5.74) is 1.42. The summed E-state index contributed by atoms with van der Waals surface area (Å²) in [6.45, 7) is -0.0296. The van der Waals surface area contributed by atoms with E-state index in [0.29, 0.717) is 11.3 Å². The monoisotopic (exact) mass is 314 g/mol. The van der Waals surface area contributed by atoms with Crippen molar-refractivity contribution in [3.63, 3.8) is 0 Å². The first kappa shape index (κ1) is 14.8. The van der Waals surface area contributed by atoms with Crippen LogP contribution in [0.25, 0.3) is 17.1 Å². The molecule has 7 heteroatoms. The fraction of sp³-hybridized carbons (Fsp3) is 0.0625. The van der Waals surface area contributed by atoms with Crippen LogP contribution in [0.3, 0.4) is 0 Å². The molecular formula is C16H12F2N4O. The van der Waals surface area contributed by atoms with Crippen LogP contribution in [0.4, 0.5) is 8.78 Å². The molecule has 0 radical (unpaired) electrons. The Morgan fingerprint density at radius 2 is 2.17 bits per heavy atom. The third-order valence-corrected chi connectivity index (χ3v) is 3.23. The summed E-state index contributed by atoms with van der Waals surface area (Å²) < 4.78 is 26.3. The van der Waals surface area contributed by atoms with Gasteiger partial charge in [-0.1, -0.05) is 6.07 Å². The van der Waals surface area contributed by atoms with E-state index >= 15 is 0 Å². The quantitative estimate of drug-likeness (QED) is 0.727. The third kappa shape index (κ3) is 3.39. The van der Waals surface area contributed by atoms with Gasteiger partial charge in [0, 0.05) is 35.8 Å². The van der Waals surface area contributed by atoms with Gasteiger partial charge in [0.05, 0.1) is 5.69 Å². The molecule has 3 rings (SSSR count). The first-order chi connectivity index (χ1) is 11.1. The molecule has 0 atom stereocenters. The minimum absolute atomic E-state index is 0.0296. The van der Waals surface area contributed by atoms with E-state index in [1.54, 1.807) is 12.3 Å². The van der Waals surface area contributed by atoms with E-state index in [-0.39, 0.29) is 12.1 Å². The number of rotatable bonds is 4. The summed E-state index contributed by atoms with van der Waals surface area (Å²) >= 11 is 0. The highest BCUT2D eigenvalue weighted by molar-refractivity contribution is 5.94. The molecular weight excluding hydrogens is 302 g/mol. The van der Waals surface area contributed by atoms with Gasteiger partial charge < -0.3 is 5.32 Å². The number of H-pyrrole nitrogens is 1. The van der Waals surface area contributed by atoms with Crippen LogP contribution >= 0.6 is 0 Å². The number of pyridine rings is 1. The lowest BCUT2D eigenvalue weighted by Gasteiger charge is -2.04. The first-order valence-corrected chi connectivity index (χ1v) is 6.82. The number of aromatic amines is 1. The zero-order valence-corrected chi connectivity index (χ0v) is 11.9. The lowest BCUT2D eigenvalue weighted by atomic mass is 10.2. The second-order valence-corrected chi connectivity index (χ2v) is 4.80. The van der Waals surface area contributed by atoms with Crippen LogP contribution in [-0.4, -0.2) is 21.1 Å². The van der Waals surface area contributed by atoms with Gasteiger partial charge >= 0.3 is 0 Å². The number of amides is 1. The van der Waals surface area contributed by atoms with Crippen molar-refractivity contribution in [2.24, 2.45) is 0 Å². The number of aromatic nitrogens is 3. The van der Waals surface area contributed by atoms with E-state index in [4.69, 9.17) is 0 Å². The summed E-state index contributed by atoms with van der Waals surface area (Å²) in [5.74, 6) is -1.76. The Balaban J connectivity index is 1.65. The highest BCUT2D eigenvalue weighted by Gasteiger charge is 2.06. The average molecular weight is 314 g/mol. The zero-order chi connectivity index (χ0) is 16.2.